The van der Waals surface area contributed by atoms with Crippen LogP contribution < -0.4 is 0 Å². The molecular formula is C3H9O4PSi. The molecule has 4 radical (unpaired) electrons. The lowest BCUT2D eigenvalue weighted by atomic mass is 11.8. The van der Waals surface area contributed by atoms with Crippen LogP contribution in [0.15, 0.2) is 0 Å². The van der Waals surface area contributed by atoms with Crippen molar-refractivity contribution in [2.75, 3.05) is 21.3 Å². The summed E-state index contributed by atoms with van der Waals surface area (Å²) in [5, 5.41) is 0. The zero-order chi connectivity index (χ0) is 6.62. The number of phosphoric acid groups is 1. The van der Waals surface area contributed by atoms with Crippen LogP contribution in [0.5, 0.6) is 0 Å². The molecule has 0 saturated carbocycles. The molecule has 0 amide bonds. The third-order valence-corrected chi connectivity index (χ3v) is 2.01. The maximum atomic E-state index is 10.7. The Morgan fingerprint density at radius 1 is 1.00 bits per heavy atom. The number of hydrogen-bond donors (Lipinski definition) is 0. The molecule has 0 rings (SSSR count). The van der Waals surface area contributed by atoms with Crippen molar-refractivity contribution in [2.24, 2.45) is 0 Å². The van der Waals surface area contributed by atoms with Gasteiger partial charge in [-0.05, 0) is 0 Å². The van der Waals surface area contributed by atoms with Crippen molar-refractivity contribution >= 4 is 18.8 Å². The molecule has 6 heteroatoms. The lowest BCUT2D eigenvalue weighted by Crippen LogP contribution is -1.88. The molecule has 0 unspecified atom stereocenters. The molecule has 0 aliphatic carbocycles. The summed E-state index contributed by atoms with van der Waals surface area (Å²) in [5.74, 6) is 0. The predicted octanol–water partition coefficient (Wildman–Crippen LogP) is 0.653. The highest BCUT2D eigenvalue weighted by Gasteiger charge is 2.18. The van der Waals surface area contributed by atoms with Crippen molar-refractivity contribution in [3.63, 3.8) is 0 Å². The van der Waals surface area contributed by atoms with E-state index in [4.69, 9.17) is 0 Å². The summed E-state index contributed by atoms with van der Waals surface area (Å²) in [7, 11) is 0.611. The zero-order valence-electron chi connectivity index (χ0n) is 5.58. The van der Waals surface area contributed by atoms with Crippen molar-refractivity contribution in [3.05, 3.63) is 0 Å². The Hall–Kier alpha value is 0.327. The number of rotatable bonds is 3. The molecule has 0 aliphatic heterocycles. The van der Waals surface area contributed by atoms with Crippen molar-refractivity contribution in [2.45, 2.75) is 0 Å². The molecule has 0 atom stereocenters. The second-order valence-electron chi connectivity index (χ2n) is 0.995. The monoisotopic (exact) mass is 168 g/mol. The highest BCUT2D eigenvalue weighted by Crippen LogP contribution is 2.46. The lowest BCUT2D eigenvalue weighted by molar-refractivity contribution is 0.178. The second-order valence-corrected chi connectivity index (χ2v) is 2.98. The molecule has 0 bridgehead atoms. The molecule has 0 aromatic rings. The highest BCUT2D eigenvalue weighted by molar-refractivity contribution is 7.48. The molecule has 4 nitrogen and oxygen atoms in total. The van der Waals surface area contributed by atoms with Gasteiger partial charge in [-0.1, -0.05) is 0 Å². The van der Waals surface area contributed by atoms with Crippen LogP contribution >= 0.6 is 7.82 Å². The van der Waals surface area contributed by atoms with Crippen LogP contribution in [0.25, 0.3) is 0 Å². The first-order chi connectivity index (χ1) is 3.68. The normalized spacial score (nSPS) is 10.6. The molecule has 0 aliphatic rings. The highest BCUT2D eigenvalue weighted by atomic mass is 31.2. The van der Waals surface area contributed by atoms with E-state index in [1.807, 2.05) is 0 Å². The maximum Gasteiger partial charge on any atom is 0.473 e. The summed E-state index contributed by atoms with van der Waals surface area (Å²) in [6.07, 6.45) is 0. The van der Waals surface area contributed by atoms with Crippen LogP contribution in [0.3, 0.4) is 0 Å². The third-order valence-electron chi connectivity index (χ3n) is 0.671. The molecule has 0 saturated heterocycles. The quantitative estimate of drug-likeness (QED) is 0.458. The van der Waals surface area contributed by atoms with Crippen LogP contribution in [-0.2, 0) is 18.1 Å². The Kier molecular flexibility index (Phi) is 6.88. The van der Waals surface area contributed by atoms with Crippen molar-refractivity contribution in [1.29, 1.82) is 0 Å². The fourth-order valence-electron chi connectivity index (χ4n) is 0.224. The molecule has 0 aromatic heterocycles. The second kappa shape index (κ2) is 5.14. The van der Waals surface area contributed by atoms with E-state index in [9.17, 15) is 4.57 Å². The van der Waals surface area contributed by atoms with Crippen LogP contribution in [0.1, 0.15) is 0 Å². The minimum atomic E-state index is -3.16. The fourth-order valence-corrected chi connectivity index (χ4v) is 0.671. The van der Waals surface area contributed by atoms with E-state index in [0.29, 0.717) is 0 Å². The average Bonchev–Trinajstić information content (AvgIpc) is 1.87. The van der Waals surface area contributed by atoms with Gasteiger partial charge in [0.2, 0.25) is 0 Å². The Morgan fingerprint density at radius 3 is 1.22 bits per heavy atom. The van der Waals surface area contributed by atoms with Gasteiger partial charge < -0.3 is 0 Å². The first-order valence-electron chi connectivity index (χ1n) is 1.96. The van der Waals surface area contributed by atoms with Crippen molar-refractivity contribution < 1.29 is 18.1 Å². The number of hydrogen-bond acceptors (Lipinski definition) is 4. The van der Waals surface area contributed by atoms with E-state index in [1.165, 1.54) is 21.3 Å². The lowest BCUT2D eigenvalue weighted by Gasteiger charge is -2.08. The van der Waals surface area contributed by atoms with Gasteiger partial charge in [0, 0.05) is 32.3 Å². The standard InChI is InChI=1S/C3H9O4P.Si/c1-5-8(4,6-2)7-3;/h1-3H3;. The van der Waals surface area contributed by atoms with Gasteiger partial charge in [-0.25, -0.2) is 4.57 Å². The smallest absolute Gasteiger partial charge is 0.290 e. The number of phosphoric ester groups is 1. The van der Waals surface area contributed by atoms with E-state index in [-0.39, 0.29) is 11.0 Å². The Bertz CT molecular complexity index is 87.0. The van der Waals surface area contributed by atoms with E-state index in [1.54, 1.807) is 0 Å². The molecule has 0 spiro atoms. The van der Waals surface area contributed by atoms with E-state index in [0.717, 1.165) is 0 Å². The Morgan fingerprint density at radius 2 is 1.22 bits per heavy atom. The molecule has 0 aromatic carbocycles. The van der Waals surface area contributed by atoms with E-state index in [2.05, 4.69) is 13.6 Å². The molecule has 0 N–H and O–H groups in total. The van der Waals surface area contributed by atoms with Gasteiger partial charge in [-0.2, -0.15) is 0 Å². The largest absolute Gasteiger partial charge is 0.473 e. The van der Waals surface area contributed by atoms with Crippen LogP contribution in [0.2, 0.25) is 0 Å². The summed E-state index contributed by atoms with van der Waals surface area (Å²) >= 11 is 0. The summed E-state index contributed by atoms with van der Waals surface area (Å²) in [4.78, 5) is 0. The Balaban J connectivity index is 0. The van der Waals surface area contributed by atoms with Gasteiger partial charge in [-0.15, -0.1) is 0 Å². The Labute approximate surface area is 59.1 Å². The first kappa shape index (κ1) is 12.0. The van der Waals surface area contributed by atoms with Crippen molar-refractivity contribution in [1.82, 2.24) is 0 Å². The van der Waals surface area contributed by atoms with Crippen LogP contribution in [0.4, 0.5) is 0 Å². The minimum absolute atomic E-state index is 0. The fraction of sp³-hybridized carbons (Fsp3) is 1.00. The molecule has 54 valence electrons. The third kappa shape index (κ3) is 3.83. The van der Waals surface area contributed by atoms with Gasteiger partial charge in [0.1, 0.15) is 0 Å². The minimum Gasteiger partial charge on any atom is -0.290 e. The SMILES string of the molecule is COP(=O)(OC)OC.[Si]. The van der Waals surface area contributed by atoms with Crippen LogP contribution in [-0.4, -0.2) is 32.3 Å². The summed E-state index contributed by atoms with van der Waals surface area (Å²) < 4.78 is 23.7. The summed E-state index contributed by atoms with van der Waals surface area (Å²) in [6, 6.07) is 0. The van der Waals surface area contributed by atoms with Gasteiger partial charge in [0.05, 0.1) is 0 Å². The van der Waals surface area contributed by atoms with E-state index >= 15 is 0 Å². The van der Waals surface area contributed by atoms with Gasteiger partial charge >= 0.3 is 7.82 Å². The summed E-state index contributed by atoms with van der Waals surface area (Å²) in [5.41, 5.74) is 0. The first-order valence-corrected chi connectivity index (χ1v) is 3.42. The van der Waals surface area contributed by atoms with Gasteiger partial charge in [0.15, 0.2) is 0 Å². The summed E-state index contributed by atoms with van der Waals surface area (Å²) in [6.45, 7) is 0. The topological polar surface area (TPSA) is 44.8 Å². The molecule has 0 fully saturated rings. The van der Waals surface area contributed by atoms with Crippen LogP contribution in [0, 0.1) is 0 Å². The molecule has 9 heavy (non-hydrogen) atoms. The molecular weight excluding hydrogens is 159 g/mol. The van der Waals surface area contributed by atoms with Gasteiger partial charge in [0.25, 0.3) is 0 Å². The van der Waals surface area contributed by atoms with E-state index < -0.39 is 7.82 Å². The van der Waals surface area contributed by atoms with Gasteiger partial charge in [-0.3, -0.25) is 13.6 Å². The maximum absolute atomic E-state index is 10.7. The predicted molar refractivity (Wildman–Crippen MR) is 34.4 cm³/mol. The average molecular weight is 168 g/mol. The van der Waals surface area contributed by atoms with Crippen molar-refractivity contribution in [3.8, 4) is 0 Å². The molecule has 0 heterocycles. The zero-order valence-corrected chi connectivity index (χ0v) is 7.47.